The highest BCUT2D eigenvalue weighted by Gasteiger charge is 2.36. The monoisotopic (exact) mass is 268 g/mol. The van der Waals surface area contributed by atoms with Crippen LogP contribution in [0.2, 0.25) is 0 Å². The van der Waals surface area contributed by atoms with Crippen LogP contribution in [0.4, 0.5) is 4.79 Å². The number of hydrogen-bond acceptors (Lipinski definition) is 3. The molecule has 1 aromatic rings. The van der Waals surface area contributed by atoms with Gasteiger partial charge < -0.3 is 19.9 Å². The van der Waals surface area contributed by atoms with Crippen LogP contribution in [0, 0.1) is 0 Å². The molecule has 1 rings (SSSR count). The van der Waals surface area contributed by atoms with Crippen molar-refractivity contribution in [1.29, 1.82) is 0 Å². The van der Waals surface area contributed by atoms with E-state index >= 15 is 0 Å². The highest BCUT2D eigenvalue weighted by Crippen LogP contribution is 2.14. The molecule has 106 valence electrons. The number of nitrogens with one attached hydrogen (secondary N) is 1. The third kappa shape index (κ3) is 3.24. The SMILES string of the molecule is CCN(C(=O)NCc1nccn1C)C(C)(C)C(=O)O. The van der Waals surface area contributed by atoms with E-state index in [1.807, 2.05) is 7.05 Å². The van der Waals surface area contributed by atoms with E-state index in [9.17, 15) is 9.59 Å². The molecule has 0 saturated heterocycles. The molecule has 0 bridgehead atoms. The third-order valence-electron chi connectivity index (χ3n) is 3.08. The predicted molar refractivity (Wildman–Crippen MR) is 69.5 cm³/mol. The van der Waals surface area contributed by atoms with Crippen molar-refractivity contribution in [3.63, 3.8) is 0 Å². The van der Waals surface area contributed by atoms with Gasteiger partial charge in [0.1, 0.15) is 11.4 Å². The fourth-order valence-corrected chi connectivity index (χ4v) is 1.73. The Morgan fingerprint density at radius 3 is 2.58 bits per heavy atom. The fourth-order valence-electron chi connectivity index (χ4n) is 1.73. The minimum Gasteiger partial charge on any atom is -0.480 e. The van der Waals surface area contributed by atoms with Crippen LogP contribution in [0.15, 0.2) is 12.4 Å². The van der Waals surface area contributed by atoms with Crippen molar-refractivity contribution in [1.82, 2.24) is 19.8 Å². The minimum atomic E-state index is -1.25. The highest BCUT2D eigenvalue weighted by molar-refractivity contribution is 5.85. The molecule has 0 unspecified atom stereocenters. The predicted octanol–water partition coefficient (Wildman–Crippen LogP) is 0.815. The van der Waals surface area contributed by atoms with E-state index in [4.69, 9.17) is 5.11 Å². The molecule has 1 heterocycles. The summed E-state index contributed by atoms with van der Waals surface area (Å²) >= 11 is 0. The Kier molecular flexibility index (Phi) is 4.52. The highest BCUT2D eigenvalue weighted by atomic mass is 16.4. The molecule has 0 atom stereocenters. The summed E-state index contributed by atoms with van der Waals surface area (Å²) < 4.78 is 1.79. The van der Waals surface area contributed by atoms with Crippen LogP contribution in [-0.2, 0) is 18.4 Å². The summed E-state index contributed by atoms with van der Waals surface area (Å²) in [4.78, 5) is 28.6. The maximum atomic E-state index is 12.0. The molecule has 0 aliphatic rings. The molecule has 0 radical (unpaired) electrons. The molecule has 0 aliphatic heterocycles. The van der Waals surface area contributed by atoms with Crippen LogP contribution in [0.1, 0.15) is 26.6 Å². The average Bonchev–Trinajstić information content (AvgIpc) is 2.72. The van der Waals surface area contributed by atoms with Crippen molar-refractivity contribution in [3.8, 4) is 0 Å². The number of rotatable bonds is 5. The van der Waals surface area contributed by atoms with Gasteiger partial charge in [0.15, 0.2) is 0 Å². The van der Waals surface area contributed by atoms with Gasteiger partial charge in [0.2, 0.25) is 0 Å². The first-order chi connectivity index (χ1) is 8.80. The number of carboxylic acid groups (broad SMARTS) is 1. The van der Waals surface area contributed by atoms with Crippen LogP contribution in [-0.4, -0.2) is 43.6 Å². The van der Waals surface area contributed by atoms with Gasteiger partial charge in [-0.1, -0.05) is 0 Å². The molecule has 0 saturated carbocycles. The molecular formula is C12H20N4O3. The topological polar surface area (TPSA) is 87.5 Å². The first-order valence-electron chi connectivity index (χ1n) is 6.05. The number of amides is 2. The molecule has 19 heavy (non-hydrogen) atoms. The Morgan fingerprint density at radius 1 is 1.53 bits per heavy atom. The summed E-state index contributed by atoms with van der Waals surface area (Å²) in [5.74, 6) is -0.334. The maximum absolute atomic E-state index is 12.0. The second-order valence-corrected chi connectivity index (χ2v) is 4.72. The first-order valence-corrected chi connectivity index (χ1v) is 6.05. The summed E-state index contributed by atoms with van der Waals surface area (Å²) in [6, 6.07) is -0.419. The second kappa shape index (κ2) is 5.73. The molecule has 0 aliphatic carbocycles. The van der Waals surface area contributed by atoms with E-state index in [-0.39, 0.29) is 6.54 Å². The third-order valence-corrected chi connectivity index (χ3v) is 3.08. The Labute approximate surface area is 112 Å². The number of aryl methyl sites for hydroxylation is 1. The zero-order valence-corrected chi connectivity index (χ0v) is 11.7. The van der Waals surface area contributed by atoms with Crippen molar-refractivity contribution < 1.29 is 14.7 Å². The second-order valence-electron chi connectivity index (χ2n) is 4.72. The Bertz CT molecular complexity index is 467. The number of aromatic nitrogens is 2. The number of hydrogen-bond donors (Lipinski definition) is 2. The number of likely N-dealkylation sites (N-methyl/N-ethyl adjacent to an activating group) is 1. The molecular weight excluding hydrogens is 248 g/mol. The van der Waals surface area contributed by atoms with Crippen LogP contribution >= 0.6 is 0 Å². The lowest BCUT2D eigenvalue weighted by atomic mass is 10.0. The summed E-state index contributed by atoms with van der Waals surface area (Å²) in [7, 11) is 1.83. The molecule has 0 aromatic carbocycles. The smallest absolute Gasteiger partial charge is 0.329 e. The fraction of sp³-hybridized carbons (Fsp3) is 0.583. The summed E-state index contributed by atoms with van der Waals surface area (Å²) in [5.41, 5.74) is -1.25. The lowest BCUT2D eigenvalue weighted by molar-refractivity contribution is -0.147. The molecule has 7 heteroatoms. The van der Waals surface area contributed by atoms with Gasteiger partial charge in [0, 0.05) is 26.0 Å². The normalized spacial score (nSPS) is 11.2. The number of nitrogens with zero attached hydrogens (tertiary/aromatic N) is 3. The minimum absolute atomic E-state index is 0.258. The van der Waals surface area contributed by atoms with E-state index in [0.29, 0.717) is 12.4 Å². The van der Waals surface area contributed by atoms with Gasteiger partial charge in [0.25, 0.3) is 0 Å². The van der Waals surface area contributed by atoms with Gasteiger partial charge in [-0.15, -0.1) is 0 Å². The summed E-state index contributed by atoms with van der Waals surface area (Å²) in [6.45, 7) is 5.31. The quantitative estimate of drug-likeness (QED) is 0.827. The molecule has 7 nitrogen and oxygen atoms in total. The number of urea groups is 1. The van der Waals surface area contributed by atoms with Crippen LogP contribution in [0.5, 0.6) is 0 Å². The van der Waals surface area contributed by atoms with Gasteiger partial charge in [-0.25, -0.2) is 14.6 Å². The number of carboxylic acids is 1. The van der Waals surface area contributed by atoms with Gasteiger partial charge >= 0.3 is 12.0 Å². The van der Waals surface area contributed by atoms with Crippen molar-refractivity contribution in [2.45, 2.75) is 32.9 Å². The largest absolute Gasteiger partial charge is 0.480 e. The average molecular weight is 268 g/mol. The van der Waals surface area contributed by atoms with E-state index < -0.39 is 17.5 Å². The zero-order valence-electron chi connectivity index (χ0n) is 11.7. The Morgan fingerprint density at radius 2 is 2.16 bits per heavy atom. The number of carbonyl (C=O) groups excluding carboxylic acids is 1. The van der Waals surface area contributed by atoms with Gasteiger partial charge in [0.05, 0.1) is 6.54 Å². The van der Waals surface area contributed by atoms with E-state index in [0.717, 1.165) is 0 Å². The van der Waals surface area contributed by atoms with Crippen LogP contribution < -0.4 is 5.32 Å². The first kappa shape index (κ1) is 15.0. The lowest BCUT2D eigenvalue weighted by Gasteiger charge is -2.34. The maximum Gasteiger partial charge on any atom is 0.329 e. The van der Waals surface area contributed by atoms with Crippen molar-refractivity contribution in [2.75, 3.05) is 6.54 Å². The zero-order chi connectivity index (χ0) is 14.6. The van der Waals surface area contributed by atoms with E-state index in [2.05, 4.69) is 10.3 Å². The lowest BCUT2D eigenvalue weighted by Crippen LogP contribution is -2.55. The molecule has 2 N–H and O–H groups in total. The van der Waals surface area contributed by atoms with Crippen molar-refractivity contribution in [2.24, 2.45) is 7.05 Å². The summed E-state index contributed by atoms with van der Waals surface area (Å²) in [5, 5.41) is 11.8. The molecule has 0 spiro atoms. The van der Waals surface area contributed by atoms with Gasteiger partial charge in [-0.05, 0) is 20.8 Å². The Hall–Kier alpha value is -2.05. The number of carbonyl (C=O) groups is 2. The molecule has 1 aromatic heterocycles. The van der Waals surface area contributed by atoms with Gasteiger partial charge in [-0.3, -0.25) is 0 Å². The number of imidazole rings is 1. The van der Waals surface area contributed by atoms with Crippen molar-refractivity contribution >= 4 is 12.0 Å². The molecule has 0 fully saturated rings. The number of aliphatic carboxylic acids is 1. The van der Waals surface area contributed by atoms with Crippen LogP contribution in [0.25, 0.3) is 0 Å². The summed E-state index contributed by atoms with van der Waals surface area (Å²) in [6.07, 6.45) is 3.42. The van der Waals surface area contributed by atoms with E-state index in [1.54, 1.807) is 23.9 Å². The Balaban J connectivity index is 2.70. The standard InChI is InChI=1S/C12H20N4O3/c1-5-16(12(2,3)10(17)18)11(19)14-8-9-13-6-7-15(9)4/h6-7H,5,8H2,1-4H3,(H,14,19)(H,17,18). The van der Waals surface area contributed by atoms with E-state index in [1.165, 1.54) is 18.7 Å². The van der Waals surface area contributed by atoms with Gasteiger partial charge in [-0.2, -0.15) is 0 Å². The van der Waals surface area contributed by atoms with Crippen molar-refractivity contribution in [3.05, 3.63) is 18.2 Å². The molecule has 2 amide bonds. The van der Waals surface area contributed by atoms with Crippen LogP contribution in [0.3, 0.4) is 0 Å².